The van der Waals surface area contributed by atoms with Crippen molar-refractivity contribution in [3.05, 3.63) is 59.2 Å². The average Bonchev–Trinajstić information content (AvgIpc) is 3.41. The average molecular weight is 501 g/mol. The highest BCUT2D eigenvalue weighted by Crippen LogP contribution is 2.44. The lowest BCUT2D eigenvalue weighted by atomic mass is 9.95. The molecule has 1 amide bonds. The minimum absolute atomic E-state index is 0.00669. The minimum Gasteiger partial charge on any atom is -0.483 e. The molecule has 0 saturated carbocycles. The van der Waals surface area contributed by atoms with Gasteiger partial charge in [-0.1, -0.05) is 6.08 Å². The zero-order valence-electron chi connectivity index (χ0n) is 18.1. The molecule has 0 aliphatic carbocycles. The number of carbonyl (C=O) groups excluding carboxylic acids is 1. The van der Waals surface area contributed by atoms with Crippen molar-refractivity contribution in [2.45, 2.75) is 24.2 Å². The van der Waals surface area contributed by atoms with Crippen LogP contribution in [0.25, 0.3) is 6.08 Å². The van der Waals surface area contributed by atoms with Crippen molar-refractivity contribution in [3.63, 3.8) is 0 Å². The lowest BCUT2D eigenvalue weighted by molar-refractivity contribution is -0.137. The number of aliphatic hydroxyl groups excluding tert-OH is 1. The zero-order chi connectivity index (χ0) is 25.0. The number of anilines is 2. The van der Waals surface area contributed by atoms with Crippen LogP contribution in [-0.2, 0) is 15.7 Å². The van der Waals surface area contributed by atoms with Crippen molar-refractivity contribution in [2.75, 3.05) is 29.6 Å². The Bertz CT molecular complexity index is 1300. The van der Waals surface area contributed by atoms with Gasteiger partial charge in [-0.2, -0.15) is 18.4 Å². The highest BCUT2D eigenvalue weighted by molar-refractivity contribution is 7.81. The maximum Gasteiger partial charge on any atom is 0.417 e. The Morgan fingerprint density at radius 1 is 1.23 bits per heavy atom. The molecule has 2 aromatic rings. The Labute approximate surface area is 203 Å². The third-order valence-corrected chi connectivity index (χ3v) is 6.67. The summed E-state index contributed by atoms with van der Waals surface area (Å²) < 4.78 is 52.0. The first-order valence-corrected chi connectivity index (χ1v) is 11.1. The summed E-state index contributed by atoms with van der Waals surface area (Å²) in [7, 11) is 0. The van der Waals surface area contributed by atoms with Crippen LogP contribution in [0.5, 0.6) is 5.75 Å². The molecule has 180 valence electrons. The molecule has 7 nitrogen and oxygen atoms in total. The molecule has 0 unspecified atom stereocenters. The molecule has 2 atom stereocenters. The van der Waals surface area contributed by atoms with Gasteiger partial charge in [-0.3, -0.25) is 9.69 Å². The molecule has 1 spiro atoms. The number of carbonyl (C=O) groups is 1. The SMILES string of the molecule is N#Cc1ccc(N2C(=O)[C@@]3(CCOC3)N(c3ccc4c(c3)C=C[C@H](CO)O4)C2=S)cc1C(F)(F)F. The van der Waals surface area contributed by atoms with Crippen LogP contribution in [0.4, 0.5) is 24.5 Å². The van der Waals surface area contributed by atoms with Gasteiger partial charge in [0.05, 0.1) is 36.1 Å². The number of halogens is 3. The first-order chi connectivity index (χ1) is 16.7. The van der Waals surface area contributed by atoms with E-state index in [1.54, 1.807) is 41.3 Å². The predicted molar refractivity (Wildman–Crippen MR) is 124 cm³/mol. The van der Waals surface area contributed by atoms with E-state index in [0.29, 0.717) is 23.4 Å². The van der Waals surface area contributed by atoms with Gasteiger partial charge in [-0.25, -0.2) is 0 Å². The Morgan fingerprint density at radius 3 is 2.66 bits per heavy atom. The van der Waals surface area contributed by atoms with E-state index in [0.717, 1.165) is 17.0 Å². The minimum atomic E-state index is -4.78. The molecule has 0 radical (unpaired) electrons. The fourth-order valence-corrected chi connectivity index (χ4v) is 5.05. The van der Waals surface area contributed by atoms with Crippen molar-refractivity contribution in [1.82, 2.24) is 0 Å². The number of rotatable bonds is 3. The molecule has 3 aliphatic rings. The van der Waals surface area contributed by atoms with E-state index in [1.165, 1.54) is 6.07 Å². The van der Waals surface area contributed by atoms with Crippen LogP contribution < -0.4 is 14.5 Å². The third-order valence-electron chi connectivity index (χ3n) is 6.30. The molecule has 2 saturated heterocycles. The lowest BCUT2D eigenvalue weighted by Crippen LogP contribution is -2.50. The smallest absolute Gasteiger partial charge is 0.417 e. The molecule has 5 rings (SSSR count). The number of ether oxygens (including phenoxy) is 2. The fourth-order valence-electron chi connectivity index (χ4n) is 4.59. The number of thiocarbonyl (C=S) groups is 1. The summed E-state index contributed by atoms with van der Waals surface area (Å²) in [6.45, 7) is 0.120. The van der Waals surface area contributed by atoms with E-state index in [-0.39, 0.29) is 30.6 Å². The van der Waals surface area contributed by atoms with Crippen LogP contribution in [0, 0.1) is 11.3 Å². The van der Waals surface area contributed by atoms with Gasteiger partial charge in [-0.05, 0) is 54.7 Å². The van der Waals surface area contributed by atoms with Crippen LogP contribution in [0.3, 0.4) is 0 Å². The highest BCUT2D eigenvalue weighted by atomic mass is 32.1. The number of nitriles is 1. The molecule has 0 aromatic heterocycles. The van der Waals surface area contributed by atoms with Gasteiger partial charge in [0.25, 0.3) is 5.91 Å². The lowest BCUT2D eigenvalue weighted by Gasteiger charge is -2.32. The molecule has 0 bridgehead atoms. The maximum atomic E-state index is 13.7. The second-order valence-corrected chi connectivity index (χ2v) is 8.72. The number of fused-ring (bicyclic) bond motifs is 1. The van der Waals surface area contributed by atoms with E-state index in [9.17, 15) is 23.1 Å². The molecule has 11 heteroatoms. The van der Waals surface area contributed by atoms with Crippen LogP contribution >= 0.6 is 12.2 Å². The van der Waals surface area contributed by atoms with Gasteiger partial charge in [0, 0.05) is 24.3 Å². The Kier molecular flexibility index (Phi) is 5.55. The normalized spacial score (nSPS) is 23.6. The van der Waals surface area contributed by atoms with Gasteiger partial charge in [0.1, 0.15) is 11.9 Å². The largest absolute Gasteiger partial charge is 0.483 e. The molecule has 3 aliphatic heterocycles. The number of hydrogen-bond acceptors (Lipinski definition) is 6. The van der Waals surface area contributed by atoms with E-state index in [4.69, 9.17) is 27.0 Å². The topological polar surface area (TPSA) is 86.0 Å². The summed E-state index contributed by atoms with van der Waals surface area (Å²) >= 11 is 5.65. The number of alkyl halides is 3. The summed E-state index contributed by atoms with van der Waals surface area (Å²) in [6.07, 6.45) is -1.46. The fraction of sp³-hybridized carbons (Fsp3) is 0.292. The number of nitrogens with zero attached hydrogens (tertiary/aromatic N) is 3. The summed E-state index contributed by atoms with van der Waals surface area (Å²) in [5.41, 5.74) is -1.73. The number of amides is 1. The Hall–Kier alpha value is -3.46. The highest BCUT2D eigenvalue weighted by Gasteiger charge is 2.58. The van der Waals surface area contributed by atoms with Crippen LogP contribution in [-0.4, -0.2) is 47.6 Å². The van der Waals surface area contributed by atoms with Crippen molar-refractivity contribution in [1.29, 1.82) is 5.26 Å². The number of aliphatic hydroxyl groups is 1. The summed E-state index contributed by atoms with van der Waals surface area (Å²) in [6, 6.07) is 9.79. The molecular formula is C24H18F3N3O4S. The second kappa shape index (κ2) is 8.34. The summed E-state index contributed by atoms with van der Waals surface area (Å²) in [5.74, 6) is 0.0462. The first-order valence-electron chi connectivity index (χ1n) is 10.7. The standard InChI is InChI=1S/C24H18F3N3O4S/c25-24(26,27)19-10-16(3-1-15(19)11-28)29-21(32)23(7-8-33-13-23)30(22(29)35)17-4-6-20-14(9-17)2-5-18(12-31)34-20/h1-6,9-10,18,31H,7-8,12-13H2/t18-,23+/m1/s1. The molecule has 3 heterocycles. The van der Waals surface area contributed by atoms with E-state index >= 15 is 0 Å². The quantitative estimate of drug-likeness (QED) is 0.643. The van der Waals surface area contributed by atoms with Crippen LogP contribution in [0.2, 0.25) is 0 Å². The maximum absolute atomic E-state index is 13.7. The molecule has 1 N–H and O–H groups in total. The summed E-state index contributed by atoms with van der Waals surface area (Å²) in [5, 5.41) is 18.5. The van der Waals surface area contributed by atoms with Gasteiger partial charge in [0.15, 0.2) is 10.7 Å². The second-order valence-electron chi connectivity index (χ2n) is 8.35. The predicted octanol–water partition coefficient (Wildman–Crippen LogP) is 3.64. The first kappa shape index (κ1) is 23.3. The van der Waals surface area contributed by atoms with Crippen LogP contribution in [0.1, 0.15) is 23.1 Å². The van der Waals surface area contributed by atoms with Crippen molar-refractivity contribution in [2.24, 2.45) is 0 Å². The van der Waals surface area contributed by atoms with Crippen molar-refractivity contribution < 1.29 is 32.5 Å². The zero-order valence-corrected chi connectivity index (χ0v) is 18.9. The van der Waals surface area contributed by atoms with Crippen LogP contribution in [0.15, 0.2) is 42.5 Å². The van der Waals surface area contributed by atoms with Gasteiger partial charge in [0.2, 0.25) is 0 Å². The van der Waals surface area contributed by atoms with E-state index < -0.39 is 34.9 Å². The van der Waals surface area contributed by atoms with E-state index in [2.05, 4.69) is 0 Å². The number of hydrogen-bond donors (Lipinski definition) is 1. The van der Waals surface area contributed by atoms with Gasteiger partial charge >= 0.3 is 6.18 Å². The van der Waals surface area contributed by atoms with Crippen molar-refractivity contribution >= 4 is 40.7 Å². The monoisotopic (exact) mass is 501 g/mol. The van der Waals surface area contributed by atoms with Gasteiger partial charge < -0.3 is 19.5 Å². The Balaban J connectivity index is 1.59. The number of benzene rings is 2. The van der Waals surface area contributed by atoms with Crippen molar-refractivity contribution in [3.8, 4) is 11.8 Å². The molecule has 2 fully saturated rings. The third kappa shape index (κ3) is 3.65. The van der Waals surface area contributed by atoms with E-state index in [1.807, 2.05) is 0 Å². The Morgan fingerprint density at radius 2 is 2.00 bits per heavy atom. The van der Waals surface area contributed by atoms with Gasteiger partial charge in [-0.15, -0.1) is 0 Å². The summed E-state index contributed by atoms with van der Waals surface area (Å²) in [4.78, 5) is 16.4. The molecule has 2 aromatic carbocycles. The molecule has 35 heavy (non-hydrogen) atoms. The molecular weight excluding hydrogens is 483 g/mol.